The summed E-state index contributed by atoms with van der Waals surface area (Å²) in [5.74, 6) is 0.115. The third kappa shape index (κ3) is 2.75. The van der Waals surface area contributed by atoms with Crippen LogP contribution in [-0.4, -0.2) is 11.7 Å². The highest BCUT2D eigenvalue weighted by molar-refractivity contribution is 6.21. The number of halogens is 1. The first-order chi connectivity index (χ1) is 8.33. The summed E-state index contributed by atoms with van der Waals surface area (Å²) in [6.07, 6.45) is 0. The molecule has 2 aromatic carbocycles. The highest BCUT2D eigenvalue weighted by Crippen LogP contribution is 2.22. The van der Waals surface area contributed by atoms with Gasteiger partial charge < -0.3 is 0 Å². The number of rotatable bonds is 4. The summed E-state index contributed by atoms with van der Waals surface area (Å²) in [6, 6.07) is 18.9. The summed E-state index contributed by atoms with van der Waals surface area (Å²) in [5, 5.41) is 0. The van der Waals surface area contributed by atoms with E-state index in [2.05, 4.69) is 0 Å². The third-order valence-corrected chi connectivity index (χ3v) is 3.04. The molecule has 0 amide bonds. The van der Waals surface area contributed by atoms with Crippen molar-refractivity contribution >= 4 is 17.4 Å². The Labute approximate surface area is 106 Å². The Balaban J connectivity index is 2.29. The quantitative estimate of drug-likeness (QED) is 0.589. The van der Waals surface area contributed by atoms with Gasteiger partial charge >= 0.3 is 0 Å². The maximum Gasteiger partial charge on any atom is 0.171 e. The molecule has 17 heavy (non-hydrogen) atoms. The van der Waals surface area contributed by atoms with Crippen LogP contribution in [0.3, 0.4) is 0 Å². The number of hydrogen-bond acceptors (Lipinski definition) is 1. The number of hydrogen-bond donors (Lipinski definition) is 0. The Morgan fingerprint density at radius 1 is 0.941 bits per heavy atom. The average molecular weight is 245 g/mol. The van der Waals surface area contributed by atoms with Crippen LogP contribution in [0.4, 0.5) is 0 Å². The number of ketones is 1. The lowest BCUT2D eigenvalue weighted by atomic mass is 9.92. The zero-order valence-electron chi connectivity index (χ0n) is 9.34. The van der Waals surface area contributed by atoms with Crippen molar-refractivity contribution in [3.63, 3.8) is 0 Å². The Kier molecular flexibility index (Phi) is 3.94. The van der Waals surface area contributed by atoms with Crippen LogP contribution in [0.1, 0.15) is 21.8 Å². The molecule has 1 unspecified atom stereocenters. The summed E-state index contributed by atoms with van der Waals surface area (Å²) >= 11 is 5.93. The normalized spacial score (nSPS) is 12.1. The van der Waals surface area contributed by atoms with Gasteiger partial charge in [-0.2, -0.15) is 0 Å². The van der Waals surface area contributed by atoms with Crippen LogP contribution in [0.2, 0.25) is 0 Å². The standard InChI is InChI=1S/C15H13ClO/c16-11-14(12-7-3-1-4-8-12)15(17)13-9-5-2-6-10-13/h1-10,14H,11H2. The molecule has 2 aromatic rings. The number of benzene rings is 2. The third-order valence-electron chi connectivity index (χ3n) is 2.73. The van der Waals surface area contributed by atoms with Gasteiger partial charge in [-0.1, -0.05) is 60.7 Å². The van der Waals surface area contributed by atoms with Crippen molar-refractivity contribution in [2.75, 3.05) is 5.88 Å². The molecule has 0 saturated carbocycles. The van der Waals surface area contributed by atoms with Gasteiger partial charge in [0.15, 0.2) is 5.78 Å². The largest absolute Gasteiger partial charge is 0.293 e. The van der Waals surface area contributed by atoms with E-state index in [-0.39, 0.29) is 11.7 Å². The van der Waals surface area contributed by atoms with Crippen molar-refractivity contribution in [1.82, 2.24) is 0 Å². The first-order valence-electron chi connectivity index (χ1n) is 5.53. The SMILES string of the molecule is O=C(c1ccccc1)C(CCl)c1ccccc1. The van der Waals surface area contributed by atoms with Crippen molar-refractivity contribution in [2.45, 2.75) is 5.92 Å². The minimum atomic E-state index is -0.264. The summed E-state index contributed by atoms with van der Waals surface area (Å²) in [7, 11) is 0. The lowest BCUT2D eigenvalue weighted by Crippen LogP contribution is -2.14. The first-order valence-corrected chi connectivity index (χ1v) is 6.06. The summed E-state index contributed by atoms with van der Waals surface area (Å²) < 4.78 is 0. The maximum absolute atomic E-state index is 12.3. The van der Waals surface area contributed by atoms with Crippen LogP contribution < -0.4 is 0 Å². The molecule has 0 radical (unpaired) electrons. The molecule has 86 valence electrons. The maximum atomic E-state index is 12.3. The topological polar surface area (TPSA) is 17.1 Å². The van der Waals surface area contributed by atoms with Crippen molar-refractivity contribution in [3.05, 3.63) is 71.8 Å². The van der Waals surface area contributed by atoms with Crippen LogP contribution in [0, 0.1) is 0 Å². The molecule has 0 aliphatic carbocycles. The number of Topliss-reactive ketones (excluding diaryl/α,β-unsaturated/α-hetero) is 1. The molecular formula is C15H13ClO. The van der Waals surface area contributed by atoms with Crippen LogP contribution in [0.25, 0.3) is 0 Å². The second-order valence-corrected chi connectivity index (χ2v) is 4.16. The van der Waals surface area contributed by atoms with Crippen molar-refractivity contribution in [2.24, 2.45) is 0 Å². The Morgan fingerprint density at radius 3 is 2.00 bits per heavy atom. The highest BCUT2D eigenvalue weighted by atomic mass is 35.5. The molecule has 0 heterocycles. The van der Waals surface area contributed by atoms with Gasteiger partial charge in [-0.15, -0.1) is 11.6 Å². The fourth-order valence-corrected chi connectivity index (χ4v) is 2.12. The molecule has 1 nitrogen and oxygen atoms in total. The van der Waals surface area contributed by atoms with Crippen LogP contribution >= 0.6 is 11.6 Å². The van der Waals surface area contributed by atoms with Gasteiger partial charge in [-0.05, 0) is 5.56 Å². The predicted octanol–water partition coefficient (Wildman–Crippen LogP) is 3.89. The molecule has 0 spiro atoms. The number of carbonyl (C=O) groups excluding carboxylic acids is 1. The van der Waals surface area contributed by atoms with E-state index in [0.717, 1.165) is 5.56 Å². The number of carbonyl (C=O) groups is 1. The molecule has 1 atom stereocenters. The molecule has 0 aliphatic heterocycles. The van der Waals surface area contributed by atoms with Gasteiger partial charge in [0, 0.05) is 11.4 Å². The van der Waals surface area contributed by atoms with E-state index in [4.69, 9.17) is 11.6 Å². The molecule has 2 heteroatoms. The van der Waals surface area contributed by atoms with Crippen LogP contribution in [-0.2, 0) is 0 Å². The second kappa shape index (κ2) is 5.65. The monoisotopic (exact) mass is 244 g/mol. The summed E-state index contributed by atoms with van der Waals surface area (Å²) in [5.41, 5.74) is 1.68. The highest BCUT2D eigenvalue weighted by Gasteiger charge is 2.20. The van der Waals surface area contributed by atoms with E-state index in [1.807, 2.05) is 60.7 Å². The Hall–Kier alpha value is -1.60. The lowest BCUT2D eigenvalue weighted by molar-refractivity contribution is 0.0967. The van der Waals surface area contributed by atoms with Gasteiger partial charge in [0.1, 0.15) is 0 Å². The molecule has 2 rings (SSSR count). The van der Waals surface area contributed by atoms with E-state index in [1.165, 1.54) is 0 Å². The first kappa shape index (κ1) is 11.9. The van der Waals surface area contributed by atoms with E-state index in [9.17, 15) is 4.79 Å². The smallest absolute Gasteiger partial charge is 0.171 e. The minimum Gasteiger partial charge on any atom is -0.293 e. The Morgan fingerprint density at radius 2 is 1.47 bits per heavy atom. The van der Waals surface area contributed by atoms with E-state index >= 15 is 0 Å². The van der Waals surface area contributed by atoms with Gasteiger partial charge in [-0.3, -0.25) is 4.79 Å². The number of alkyl halides is 1. The fourth-order valence-electron chi connectivity index (χ4n) is 1.80. The second-order valence-electron chi connectivity index (χ2n) is 3.85. The van der Waals surface area contributed by atoms with Gasteiger partial charge in [0.25, 0.3) is 0 Å². The molecule has 0 fully saturated rings. The molecule has 0 aromatic heterocycles. The van der Waals surface area contributed by atoms with E-state index in [1.54, 1.807) is 0 Å². The zero-order valence-corrected chi connectivity index (χ0v) is 10.1. The molecule has 0 aliphatic rings. The average Bonchev–Trinajstić information content (AvgIpc) is 2.42. The molecular weight excluding hydrogens is 232 g/mol. The molecule has 0 bridgehead atoms. The lowest BCUT2D eigenvalue weighted by Gasteiger charge is -2.13. The van der Waals surface area contributed by atoms with Crippen LogP contribution in [0.5, 0.6) is 0 Å². The van der Waals surface area contributed by atoms with Crippen LogP contribution in [0.15, 0.2) is 60.7 Å². The predicted molar refractivity (Wildman–Crippen MR) is 70.7 cm³/mol. The fraction of sp³-hybridized carbons (Fsp3) is 0.133. The van der Waals surface area contributed by atoms with Crippen molar-refractivity contribution in [3.8, 4) is 0 Å². The van der Waals surface area contributed by atoms with Crippen molar-refractivity contribution < 1.29 is 4.79 Å². The van der Waals surface area contributed by atoms with E-state index in [0.29, 0.717) is 11.4 Å². The summed E-state index contributed by atoms with van der Waals surface area (Å²) in [6.45, 7) is 0. The zero-order chi connectivity index (χ0) is 12.1. The minimum absolute atomic E-state index is 0.0757. The van der Waals surface area contributed by atoms with E-state index < -0.39 is 0 Å². The van der Waals surface area contributed by atoms with Gasteiger partial charge in [0.05, 0.1) is 5.92 Å². The molecule has 0 N–H and O–H groups in total. The molecule has 0 saturated heterocycles. The van der Waals surface area contributed by atoms with Gasteiger partial charge in [-0.25, -0.2) is 0 Å². The Bertz CT molecular complexity index is 479. The van der Waals surface area contributed by atoms with Crippen molar-refractivity contribution in [1.29, 1.82) is 0 Å². The van der Waals surface area contributed by atoms with Gasteiger partial charge in [0.2, 0.25) is 0 Å². The summed E-state index contributed by atoms with van der Waals surface area (Å²) in [4.78, 5) is 12.3.